The number of carbonyl (C=O) groups is 1. The van der Waals surface area contributed by atoms with Gasteiger partial charge in [-0.1, -0.05) is 0 Å². The monoisotopic (exact) mass is 321 g/mol. The van der Waals surface area contributed by atoms with Gasteiger partial charge in [-0.3, -0.25) is 0 Å². The van der Waals surface area contributed by atoms with Gasteiger partial charge in [0.25, 0.3) is 0 Å². The third kappa shape index (κ3) is 3.63. The number of thiazole rings is 1. The van der Waals surface area contributed by atoms with E-state index in [-0.39, 0.29) is 6.03 Å². The maximum Gasteiger partial charge on any atom is 0.315 e. The first-order valence-electron chi connectivity index (χ1n) is 7.23. The van der Waals surface area contributed by atoms with Gasteiger partial charge in [0.15, 0.2) is 0 Å². The largest absolute Gasteiger partial charge is 0.333 e. The second kappa shape index (κ2) is 6.58. The molecule has 0 saturated heterocycles. The van der Waals surface area contributed by atoms with E-state index in [9.17, 15) is 4.79 Å². The molecule has 2 heterocycles. The van der Waals surface area contributed by atoms with E-state index in [0.717, 1.165) is 10.6 Å². The molecule has 2 aromatic rings. The number of aromatic nitrogens is 1. The molecule has 2 N–H and O–H groups in total. The number of carbonyl (C=O) groups excluding carboxylic acids is 1. The van der Waals surface area contributed by atoms with Crippen LogP contribution in [0.2, 0.25) is 0 Å². The molecule has 1 aliphatic carbocycles. The summed E-state index contributed by atoms with van der Waals surface area (Å²) in [5.41, 5.74) is 4.29. The molecule has 0 aromatic carbocycles. The molecule has 0 atom stereocenters. The quantitative estimate of drug-likeness (QED) is 0.907. The third-order valence-electron chi connectivity index (χ3n) is 3.73. The van der Waals surface area contributed by atoms with Crippen LogP contribution in [0.3, 0.4) is 0 Å². The highest BCUT2D eigenvalue weighted by Crippen LogP contribution is 2.29. The van der Waals surface area contributed by atoms with Crippen molar-refractivity contribution < 1.29 is 4.79 Å². The van der Waals surface area contributed by atoms with Gasteiger partial charge in [-0.2, -0.15) is 0 Å². The van der Waals surface area contributed by atoms with E-state index in [1.165, 1.54) is 41.0 Å². The zero-order valence-corrected chi connectivity index (χ0v) is 13.7. The number of hydrogen-bond acceptors (Lipinski definition) is 4. The Morgan fingerprint density at radius 2 is 2.10 bits per heavy atom. The van der Waals surface area contributed by atoms with Crippen LogP contribution in [0.15, 0.2) is 11.6 Å². The van der Waals surface area contributed by atoms with Crippen molar-refractivity contribution in [2.24, 2.45) is 0 Å². The molecule has 0 fully saturated rings. The molecule has 0 bridgehead atoms. The smallest absolute Gasteiger partial charge is 0.315 e. The Morgan fingerprint density at radius 3 is 2.86 bits per heavy atom. The number of fused-ring (bicyclic) bond motifs is 1. The predicted molar refractivity (Wildman–Crippen MR) is 86.9 cm³/mol. The van der Waals surface area contributed by atoms with E-state index in [0.29, 0.717) is 13.1 Å². The lowest BCUT2D eigenvalue weighted by Gasteiger charge is -2.08. The molecule has 6 heteroatoms. The molecule has 1 aliphatic rings. The Hall–Kier alpha value is -1.40. The number of rotatable bonds is 4. The molecule has 0 radical (unpaired) electrons. The highest BCUT2D eigenvalue weighted by Gasteiger charge is 2.13. The van der Waals surface area contributed by atoms with Gasteiger partial charge in [0.2, 0.25) is 0 Å². The van der Waals surface area contributed by atoms with Crippen LogP contribution in [-0.4, -0.2) is 11.0 Å². The van der Waals surface area contributed by atoms with Crippen molar-refractivity contribution in [1.29, 1.82) is 0 Å². The van der Waals surface area contributed by atoms with Gasteiger partial charge in [0.1, 0.15) is 0 Å². The summed E-state index contributed by atoms with van der Waals surface area (Å²) in [6, 6.07) is 2.14. The molecule has 2 amide bonds. The fraction of sp³-hybridized carbons (Fsp3) is 0.467. The van der Waals surface area contributed by atoms with Crippen molar-refractivity contribution in [3.8, 4) is 0 Å². The zero-order valence-electron chi connectivity index (χ0n) is 12.1. The average Bonchev–Trinajstić information content (AvgIpc) is 3.08. The minimum atomic E-state index is -0.117. The summed E-state index contributed by atoms with van der Waals surface area (Å²) < 4.78 is 0. The summed E-state index contributed by atoms with van der Waals surface area (Å²) >= 11 is 3.42. The normalized spacial score (nSPS) is 13.8. The van der Waals surface area contributed by atoms with Gasteiger partial charge >= 0.3 is 6.03 Å². The molecule has 2 aromatic heterocycles. The van der Waals surface area contributed by atoms with Crippen LogP contribution in [0.4, 0.5) is 4.79 Å². The highest BCUT2D eigenvalue weighted by molar-refractivity contribution is 7.12. The highest BCUT2D eigenvalue weighted by atomic mass is 32.1. The van der Waals surface area contributed by atoms with Gasteiger partial charge in [-0.25, -0.2) is 9.78 Å². The minimum absolute atomic E-state index is 0.117. The Morgan fingerprint density at radius 1 is 1.29 bits per heavy atom. The summed E-state index contributed by atoms with van der Waals surface area (Å²) in [6.07, 6.45) is 5.00. The number of urea groups is 1. The minimum Gasteiger partial charge on any atom is -0.333 e. The van der Waals surface area contributed by atoms with Crippen molar-refractivity contribution >= 4 is 28.7 Å². The predicted octanol–water partition coefficient (Wildman–Crippen LogP) is 3.39. The van der Waals surface area contributed by atoms with Gasteiger partial charge in [-0.15, -0.1) is 22.7 Å². The molecular formula is C15H19N3OS2. The molecule has 0 unspecified atom stereocenters. The number of amides is 2. The first-order chi connectivity index (χ1) is 10.2. The SMILES string of the molecule is Cc1ncsc1CNC(=O)NCc1cc2c(s1)CCCC2. The molecule has 0 spiro atoms. The second-order valence-corrected chi connectivity index (χ2v) is 7.43. The van der Waals surface area contributed by atoms with Crippen LogP contribution in [-0.2, 0) is 25.9 Å². The topological polar surface area (TPSA) is 54.0 Å². The van der Waals surface area contributed by atoms with Crippen molar-refractivity contribution in [2.45, 2.75) is 45.7 Å². The average molecular weight is 321 g/mol. The summed E-state index contributed by atoms with van der Waals surface area (Å²) in [6.45, 7) is 3.12. The van der Waals surface area contributed by atoms with Crippen LogP contribution in [0.25, 0.3) is 0 Å². The molecule has 4 nitrogen and oxygen atoms in total. The van der Waals surface area contributed by atoms with Crippen molar-refractivity contribution in [2.75, 3.05) is 0 Å². The molecule has 112 valence electrons. The molecule has 0 aliphatic heterocycles. The Kier molecular flexibility index (Phi) is 4.55. The van der Waals surface area contributed by atoms with E-state index >= 15 is 0 Å². The first-order valence-corrected chi connectivity index (χ1v) is 8.93. The van der Waals surface area contributed by atoms with E-state index in [4.69, 9.17) is 0 Å². The standard InChI is InChI=1S/C15H19N3OS2/c1-10-14(20-9-18-10)8-17-15(19)16-7-12-6-11-4-2-3-5-13(11)21-12/h6,9H,2-5,7-8H2,1H3,(H2,16,17,19). The van der Waals surface area contributed by atoms with E-state index < -0.39 is 0 Å². The van der Waals surface area contributed by atoms with E-state index in [1.54, 1.807) is 16.8 Å². The fourth-order valence-corrected chi connectivity index (χ4v) is 4.44. The maximum atomic E-state index is 11.8. The number of thiophene rings is 1. The van der Waals surface area contributed by atoms with Gasteiger partial charge in [0, 0.05) is 14.6 Å². The maximum absolute atomic E-state index is 11.8. The van der Waals surface area contributed by atoms with Gasteiger partial charge in [-0.05, 0) is 44.2 Å². The van der Waals surface area contributed by atoms with Crippen LogP contribution in [0.5, 0.6) is 0 Å². The van der Waals surface area contributed by atoms with Crippen LogP contribution in [0, 0.1) is 6.92 Å². The lowest BCUT2D eigenvalue weighted by molar-refractivity contribution is 0.240. The molecular weight excluding hydrogens is 302 g/mol. The Bertz CT molecular complexity index is 609. The van der Waals surface area contributed by atoms with Crippen molar-refractivity contribution in [3.05, 3.63) is 37.5 Å². The Labute approximate surface area is 132 Å². The first kappa shape index (κ1) is 14.5. The van der Waals surface area contributed by atoms with Crippen LogP contribution < -0.4 is 10.6 Å². The summed E-state index contributed by atoms with van der Waals surface area (Å²) in [5.74, 6) is 0. The van der Waals surface area contributed by atoms with Crippen LogP contribution >= 0.6 is 22.7 Å². The van der Waals surface area contributed by atoms with E-state index in [2.05, 4.69) is 21.7 Å². The summed E-state index contributed by atoms with van der Waals surface area (Å²) in [7, 11) is 0. The lowest BCUT2D eigenvalue weighted by atomic mass is 9.99. The number of aryl methyl sites for hydroxylation is 3. The molecule has 21 heavy (non-hydrogen) atoms. The van der Waals surface area contributed by atoms with Crippen molar-refractivity contribution in [1.82, 2.24) is 15.6 Å². The summed E-state index contributed by atoms with van der Waals surface area (Å²) in [4.78, 5) is 19.9. The second-order valence-electron chi connectivity index (χ2n) is 5.27. The van der Waals surface area contributed by atoms with Gasteiger partial charge in [0.05, 0.1) is 24.3 Å². The summed E-state index contributed by atoms with van der Waals surface area (Å²) in [5, 5.41) is 5.82. The number of hydrogen-bond donors (Lipinski definition) is 2. The third-order valence-corrected chi connectivity index (χ3v) is 5.90. The fourth-order valence-electron chi connectivity index (χ4n) is 2.53. The lowest BCUT2D eigenvalue weighted by Crippen LogP contribution is -2.34. The number of nitrogens with one attached hydrogen (secondary N) is 2. The van der Waals surface area contributed by atoms with E-state index in [1.807, 2.05) is 18.3 Å². The zero-order chi connectivity index (χ0) is 14.7. The number of nitrogens with zero attached hydrogens (tertiary/aromatic N) is 1. The molecule has 3 rings (SSSR count). The van der Waals surface area contributed by atoms with Gasteiger partial charge < -0.3 is 10.6 Å². The molecule has 0 saturated carbocycles. The van der Waals surface area contributed by atoms with Crippen molar-refractivity contribution in [3.63, 3.8) is 0 Å². The Balaban J connectivity index is 1.47. The van der Waals surface area contributed by atoms with Crippen LogP contribution in [0.1, 0.15) is 38.7 Å².